The molecule has 18 heavy (non-hydrogen) atoms. The maximum absolute atomic E-state index is 11.0. The normalized spacial score (nSPS) is 10.5. The first kappa shape index (κ1) is 12.2. The van der Waals surface area contributed by atoms with E-state index in [1.54, 1.807) is 17.1 Å². The predicted molar refractivity (Wildman–Crippen MR) is 64.3 cm³/mol. The standard InChI is InChI=1S/C12H14N4O2/c1-2-4-10-11(12(17)18)14-15-16(10)8-9-5-3-6-13-7-9/h3,5-7H,2,4,8H2,1H3,(H,17,18). The molecule has 0 radical (unpaired) electrons. The lowest BCUT2D eigenvalue weighted by atomic mass is 10.2. The summed E-state index contributed by atoms with van der Waals surface area (Å²) in [6.07, 6.45) is 4.92. The Hall–Kier alpha value is -2.24. The Bertz CT molecular complexity index is 536. The maximum atomic E-state index is 11.0. The first-order chi connectivity index (χ1) is 8.72. The third-order valence-electron chi connectivity index (χ3n) is 2.58. The van der Waals surface area contributed by atoms with Crippen LogP contribution in [0.5, 0.6) is 0 Å². The largest absolute Gasteiger partial charge is 0.476 e. The average molecular weight is 246 g/mol. The molecule has 1 N–H and O–H groups in total. The van der Waals surface area contributed by atoms with Crippen LogP contribution in [0.2, 0.25) is 0 Å². The zero-order valence-electron chi connectivity index (χ0n) is 10.1. The molecule has 0 aliphatic carbocycles. The van der Waals surface area contributed by atoms with Gasteiger partial charge in [-0.25, -0.2) is 9.48 Å². The Labute approximate surface area is 104 Å². The zero-order valence-corrected chi connectivity index (χ0v) is 10.1. The SMILES string of the molecule is CCCc1c(C(=O)O)nnn1Cc1cccnc1. The number of hydrogen-bond donors (Lipinski definition) is 1. The molecule has 2 aromatic rings. The summed E-state index contributed by atoms with van der Waals surface area (Å²) in [5.74, 6) is -1.03. The van der Waals surface area contributed by atoms with E-state index in [1.165, 1.54) is 0 Å². The summed E-state index contributed by atoms with van der Waals surface area (Å²) in [6, 6.07) is 3.76. The van der Waals surface area contributed by atoms with Crippen molar-refractivity contribution < 1.29 is 9.90 Å². The Balaban J connectivity index is 2.30. The molecular weight excluding hydrogens is 232 g/mol. The second-order valence-corrected chi connectivity index (χ2v) is 3.96. The molecule has 0 aromatic carbocycles. The minimum absolute atomic E-state index is 0.0424. The molecule has 2 rings (SSSR count). The summed E-state index contributed by atoms with van der Waals surface area (Å²) in [6.45, 7) is 2.48. The molecule has 94 valence electrons. The van der Waals surface area contributed by atoms with Crippen LogP contribution < -0.4 is 0 Å². The van der Waals surface area contributed by atoms with Crippen LogP contribution in [0.1, 0.15) is 35.1 Å². The van der Waals surface area contributed by atoms with Crippen LogP contribution in [0, 0.1) is 0 Å². The molecule has 0 fully saturated rings. The summed E-state index contributed by atoms with van der Waals surface area (Å²) < 4.78 is 1.63. The van der Waals surface area contributed by atoms with Crippen LogP contribution in [0.4, 0.5) is 0 Å². The Morgan fingerprint density at radius 2 is 2.33 bits per heavy atom. The topological polar surface area (TPSA) is 80.9 Å². The van der Waals surface area contributed by atoms with E-state index in [1.807, 2.05) is 19.1 Å². The van der Waals surface area contributed by atoms with Gasteiger partial charge in [0.05, 0.1) is 12.2 Å². The molecule has 0 aliphatic rings. The van der Waals surface area contributed by atoms with Crippen molar-refractivity contribution in [2.75, 3.05) is 0 Å². The molecule has 6 heteroatoms. The highest BCUT2D eigenvalue weighted by Gasteiger charge is 2.18. The van der Waals surface area contributed by atoms with Crippen LogP contribution in [0.15, 0.2) is 24.5 Å². The number of nitrogens with zero attached hydrogens (tertiary/aromatic N) is 4. The van der Waals surface area contributed by atoms with Crippen molar-refractivity contribution in [2.24, 2.45) is 0 Å². The summed E-state index contributed by atoms with van der Waals surface area (Å²) in [5, 5.41) is 16.7. The number of carboxylic acid groups (broad SMARTS) is 1. The minimum atomic E-state index is -1.03. The number of carboxylic acids is 1. The van der Waals surface area contributed by atoms with Crippen molar-refractivity contribution >= 4 is 5.97 Å². The van der Waals surface area contributed by atoms with E-state index in [0.717, 1.165) is 12.0 Å². The van der Waals surface area contributed by atoms with Crippen molar-refractivity contribution in [3.63, 3.8) is 0 Å². The molecule has 0 unspecified atom stereocenters. The second-order valence-electron chi connectivity index (χ2n) is 3.96. The third kappa shape index (κ3) is 2.53. The fourth-order valence-corrected chi connectivity index (χ4v) is 1.77. The molecule has 0 bridgehead atoms. The fraction of sp³-hybridized carbons (Fsp3) is 0.333. The van der Waals surface area contributed by atoms with E-state index in [9.17, 15) is 4.79 Å². The number of pyridine rings is 1. The smallest absolute Gasteiger partial charge is 0.358 e. The number of aromatic carboxylic acids is 1. The van der Waals surface area contributed by atoms with Gasteiger partial charge in [-0.15, -0.1) is 5.10 Å². The predicted octanol–water partition coefficient (Wildman–Crippen LogP) is 1.37. The zero-order chi connectivity index (χ0) is 13.0. The number of aromatic nitrogens is 4. The molecule has 2 heterocycles. The first-order valence-electron chi connectivity index (χ1n) is 5.77. The van der Waals surface area contributed by atoms with Gasteiger partial charge >= 0.3 is 5.97 Å². The lowest BCUT2D eigenvalue weighted by molar-refractivity contribution is 0.0689. The van der Waals surface area contributed by atoms with E-state index < -0.39 is 5.97 Å². The van der Waals surface area contributed by atoms with E-state index >= 15 is 0 Å². The van der Waals surface area contributed by atoms with Crippen molar-refractivity contribution in [1.29, 1.82) is 0 Å². The lowest BCUT2D eigenvalue weighted by Gasteiger charge is -2.05. The van der Waals surface area contributed by atoms with Crippen molar-refractivity contribution in [3.05, 3.63) is 41.5 Å². The Kier molecular flexibility index (Phi) is 3.66. The minimum Gasteiger partial charge on any atom is -0.476 e. The van der Waals surface area contributed by atoms with Gasteiger partial charge in [0.2, 0.25) is 0 Å². The van der Waals surface area contributed by atoms with E-state index in [0.29, 0.717) is 18.7 Å². The molecule has 6 nitrogen and oxygen atoms in total. The van der Waals surface area contributed by atoms with Crippen LogP contribution in [0.3, 0.4) is 0 Å². The molecular formula is C12H14N4O2. The molecule has 0 saturated carbocycles. The van der Waals surface area contributed by atoms with Crippen molar-refractivity contribution in [3.8, 4) is 0 Å². The highest BCUT2D eigenvalue weighted by Crippen LogP contribution is 2.10. The van der Waals surface area contributed by atoms with E-state index in [-0.39, 0.29) is 5.69 Å². The van der Waals surface area contributed by atoms with Crippen molar-refractivity contribution in [2.45, 2.75) is 26.3 Å². The number of rotatable bonds is 5. The highest BCUT2D eigenvalue weighted by molar-refractivity contribution is 5.86. The fourth-order valence-electron chi connectivity index (χ4n) is 1.77. The maximum Gasteiger partial charge on any atom is 0.358 e. The Morgan fingerprint density at radius 1 is 1.50 bits per heavy atom. The molecule has 0 saturated heterocycles. The van der Waals surface area contributed by atoms with E-state index in [4.69, 9.17) is 5.11 Å². The monoisotopic (exact) mass is 246 g/mol. The van der Waals surface area contributed by atoms with Crippen LogP contribution in [-0.2, 0) is 13.0 Å². The summed E-state index contributed by atoms with van der Waals surface area (Å²) in [7, 11) is 0. The van der Waals surface area contributed by atoms with Gasteiger partial charge in [-0.05, 0) is 18.1 Å². The van der Waals surface area contributed by atoms with Gasteiger partial charge in [-0.3, -0.25) is 4.98 Å². The second kappa shape index (κ2) is 5.39. The quantitative estimate of drug-likeness (QED) is 0.861. The molecule has 0 amide bonds. The van der Waals surface area contributed by atoms with Gasteiger partial charge in [-0.2, -0.15) is 0 Å². The number of hydrogen-bond acceptors (Lipinski definition) is 4. The van der Waals surface area contributed by atoms with Crippen molar-refractivity contribution in [1.82, 2.24) is 20.0 Å². The van der Waals surface area contributed by atoms with Gasteiger partial charge in [0, 0.05) is 12.4 Å². The van der Waals surface area contributed by atoms with Crippen LogP contribution in [-0.4, -0.2) is 31.1 Å². The summed E-state index contributed by atoms with van der Waals surface area (Å²) in [4.78, 5) is 15.1. The van der Waals surface area contributed by atoms with Gasteiger partial charge in [0.15, 0.2) is 5.69 Å². The van der Waals surface area contributed by atoms with Gasteiger partial charge in [0.25, 0.3) is 0 Å². The molecule has 0 aliphatic heterocycles. The highest BCUT2D eigenvalue weighted by atomic mass is 16.4. The van der Waals surface area contributed by atoms with Crippen LogP contribution >= 0.6 is 0 Å². The third-order valence-corrected chi connectivity index (χ3v) is 2.58. The van der Waals surface area contributed by atoms with E-state index in [2.05, 4.69) is 15.3 Å². The summed E-state index contributed by atoms with van der Waals surface area (Å²) in [5.41, 5.74) is 1.67. The molecule has 0 atom stereocenters. The Morgan fingerprint density at radius 3 is 2.94 bits per heavy atom. The van der Waals surface area contributed by atoms with Crippen LogP contribution in [0.25, 0.3) is 0 Å². The van der Waals surface area contributed by atoms with Gasteiger partial charge in [-0.1, -0.05) is 24.6 Å². The molecule has 0 spiro atoms. The first-order valence-corrected chi connectivity index (χ1v) is 5.77. The molecule has 2 aromatic heterocycles. The lowest BCUT2D eigenvalue weighted by Crippen LogP contribution is -2.09. The van der Waals surface area contributed by atoms with Gasteiger partial charge < -0.3 is 5.11 Å². The van der Waals surface area contributed by atoms with Gasteiger partial charge in [0.1, 0.15) is 0 Å². The average Bonchev–Trinajstić information content (AvgIpc) is 2.74. The number of carbonyl (C=O) groups is 1. The summed E-state index contributed by atoms with van der Waals surface area (Å²) >= 11 is 0.